The Morgan fingerprint density at radius 1 is 0.714 bits per heavy atom. The maximum atomic E-state index is 8.73. The minimum atomic E-state index is 0. The van der Waals surface area contributed by atoms with Crippen molar-refractivity contribution < 1.29 is 36.4 Å². The average molecular weight is 591 g/mol. The summed E-state index contributed by atoms with van der Waals surface area (Å²) in [5, 5.41) is 18.6. The van der Waals surface area contributed by atoms with E-state index in [-0.39, 0.29) is 37.7 Å². The molecule has 4 rings (SSSR count). The summed E-state index contributed by atoms with van der Waals surface area (Å²) < 4.78 is 0. The van der Waals surface area contributed by atoms with Crippen LogP contribution >= 0.6 is 23.2 Å². The first-order valence-corrected chi connectivity index (χ1v) is 12.6. The van der Waals surface area contributed by atoms with Gasteiger partial charge in [-0.1, -0.05) is 87.7 Å². The van der Waals surface area contributed by atoms with Gasteiger partial charge in [0.1, 0.15) is 11.5 Å². The van der Waals surface area contributed by atoms with Crippen LogP contribution in [-0.4, -0.2) is 10.2 Å². The molecule has 0 unspecified atom stereocenters. The number of halogens is 2. The van der Waals surface area contributed by atoms with Crippen molar-refractivity contribution in [1.82, 2.24) is 0 Å². The molecule has 2 aromatic rings. The summed E-state index contributed by atoms with van der Waals surface area (Å²) in [5.74, 6) is 0.412. The monoisotopic (exact) mass is 588 g/mol. The fourth-order valence-corrected chi connectivity index (χ4v) is 3.30. The summed E-state index contributed by atoms with van der Waals surface area (Å²) >= 11 is 11.0. The van der Waals surface area contributed by atoms with Gasteiger partial charge in [-0.05, 0) is 36.4 Å². The van der Waals surface area contributed by atoms with Gasteiger partial charge in [0.05, 0.1) is 0 Å². The molecule has 0 heterocycles. The zero-order valence-electron chi connectivity index (χ0n) is 20.7. The van der Waals surface area contributed by atoms with Gasteiger partial charge < -0.3 is 10.2 Å². The van der Waals surface area contributed by atoms with Crippen molar-refractivity contribution in [2.24, 2.45) is 0 Å². The van der Waals surface area contributed by atoms with E-state index >= 15 is 0 Å². The normalized spacial score (nSPS) is 12.6. The summed E-state index contributed by atoms with van der Waals surface area (Å²) in [7, 11) is 0. The van der Waals surface area contributed by atoms with E-state index in [1.807, 2.05) is 0 Å². The van der Waals surface area contributed by atoms with Crippen LogP contribution in [0.5, 0.6) is 11.5 Å². The molecule has 2 nitrogen and oxygen atoms in total. The van der Waals surface area contributed by atoms with E-state index in [0.29, 0.717) is 10.0 Å². The van der Waals surface area contributed by atoms with Crippen LogP contribution in [0.15, 0.2) is 84.0 Å². The zero-order chi connectivity index (χ0) is 25.0. The maximum Gasteiger partial charge on any atom is 2.00 e. The van der Waals surface area contributed by atoms with E-state index in [9.17, 15) is 0 Å². The van der Waals surface area contributed by atoms with Gasteiger partial charge in [-0.25, -0.2) is 23.3 Å². The van der Waals surface area contributed by atoms with Crippen LogP contribution in [0.1, 0.15) is 65.2 Å². The Balaban J connectivity index is 0.000000437. The summed E-state index contributed by atoms with van der Waals surface area (Å²) in [5.41, 5.74) is 2.83. The number of hydrogen-bond acceptors (Lipinski definition) is 2. The Hall–Kier alpha value is -1.54. The molecule has 0 spiro atoms. The molecule has 0 radical (unpaired) electrons. The van der Waals surface area contributed by atoms with E-state index in [4.69, 9.17) is 33.4 Å². The molecule has 0 saturated carbocycles. The second-order valence-corrected chi connectivity index (χ2v) is 8.66. The van der Waals surface area contributed by atoms with Crippen molar-refractivity contribution in [2.75, 3.05) is 0 Å². The molecule has 0 aromatic heterocycles. The van der Waals surface area contributed by atoms with Crippen LogP contribution in [0.25, 0.3) is 0 Å². The molecule has 2 N–H and O–H groups in total. The number of phenolic OH excluding ortho intramolecular Hbond substituents is 2. The number of phenols is 2. The topological polar surface area (TPSA) is 40.5 Å². The van der Waals surface area contributed by atoms with Crippen LogP contribution in [0.2, 0.25) is 10.0 Å². The molecular formula is C30H36Cl2O2Zr. The fraction of sp³-hybridized carbons (Fsp3) is 0.333. The number of aromatic hydroxyl groups is 2. The van der Waals surface area contributed by atoms with Gasteiger partial charge in [-0.3, -0.25) is 12.2 Å². The predicted octanol–water partition coefficient (Wildman–Crippen LogP) is 9.82. The van der Waals surface area contributed by atoms with Gasteiger partial charge in [0.2, 0.25) is 0 Å². The minimum absolute atomic E-state index is 0. The number of allylic oxidation sites excluding steroid dienone is 8. The van der Waals surface area contributed by atoms with E-state index in [1.165, 1.54) is 61.8 Å². The fourth-order valence-electron chi connectivity index (χ4n) is 2.93. The van der Waals surface area contributed by atoms with E-state index in [2.05, 4.69) is 50.3 Å². The molecule has 0 atom stereocenters. The van der Waals surface area contributed by atoms with E-state index in [1.54, 1.807) is 36.4 Å². The summed E-state index contributed by atoms with van der Waals surface area (Å²) in [6.45, 7) is 4.44. The van der Waals surface area contributed by atoms with Crippen molar-refractivity contribution in [2.45, 2.75) is 65.2 Å². The third-order valence-electron chi connectivity index (χ3n) is 4.75. The summed E-state index contributed by atoms with van der Waals surface area (Å²) in [6, 6.07) is 12.9. The van der Waals surface area contributed by atoms with Crippen LogP contribution in [-0.2, 0) is 26.2 Å². The van der Waals surface area contributed by atoms with Gasteiger partial charge >= 0.3 is 26.2 Å². The van der Waals surface area contributed by atoms with Crippen molar-refractivity contribution in [3.8, 4) is 11.5 Å². The molecule has 0 bridgehead atoms. The first-order chi connectivity index (χ1) is 16.4. The van der Waals surface area contributed by atoms with Gasteiger partial charge in [0.15, 0.2) is 0 Å². The van der Waals surface area contributed by atoms with Gasteiger partial charge in [-0.2, -0.15) is 12.2 Å². The van der Waals surface area contributed by atoms with Crippen LogP contribution < -0.4 is 0 Å². The molecule has 2 aromatic carbocycles. The smallest absolute Gasteiger partial charge is 0.508 e. The van der Waals surface area contributed by atoms with Crippen molar-refractivity contribution in [3.05, 3.63) is 106 Å². The largest absolute Gasteiger partial charge is 2.00 e. The minimum Gasteiger partial charge on any atom is -0.508 e. The van der Waals surface area contributed by atoms with E-state index < -0.39 is 0 Å². The molecule has 0 aliphatic heterocycles. The average Bonchev–Trinajstić information content (AvgIpc) is 3.52. The summed E-state index contributed by atoms with van der Waals surface area (Å²) in [6.07, 6.45) is 25.1. The van der Waals surface area contributed by atoms with Gasteiger partial charge in [0.25, 0.3) is 0 Å². The number of rotatable bonds is 6. The Bertz CT molecular complexity index is 837. The third kappa shape index (κ3) is 18.4. The maximum absolute atomic E-state index is 8.73. The molecule has 186 valence electrons. The molecule has 35 heavy (non-hydrogen) atoms. The Labute approximate surface area is 241 Å². The molecule has 5 heteroatoms. The number of benzene rings is 2. The molecule has 2 aliphatic carbocycles. The molecular weight excluding hydrogens is 554 g/mol. The first kappa shape index (κ1) is 33.5. The van der Waals surface area contributed by atoms with Gasteiger partial charge in [0, 0.05) is 10.0 Å². The van der Waals surface area contributed by atoms with Crippen LogP contribution in [0.4, 0.5) is 0 Å². The second kappa shape index (κ2) is 21.7. The summed E-state index contributed by atoms with van der Waals surface area (Å²) in [4.78, 5) is 0. The quantitative estimate of drug-likeness (QED) is 0.329. The second-order valence-electron chi connectivity index (χ2n) is 7.78. The molecule has 2 aliphatic rings. The number of hydrogen-bond donors (Lipinski definition) is 2. The Morgan fingerprint density at radius 3 is 1.34 bits per heavy atom. The SMILES string of the molecule is CCCCC1=[C-]CC=C1.CCCCC1=[C-]CC=C1.Oc1cccc(Cl)c1.Oc1cccc(Cl)c1.[Zr+2]. The Kier molecular flexibility index (Phi) is 20.8. The predicted molar refractivity (Wildman–Crippen MR) is 146 cm³/mol. The number of unbranched alkanes of at least 4 members (excludes halogenated alkanes) is 2. The molecule has 0 fully saturated rings. The molecule has 0 amide bonds. The first-order valence-electron chi connectivity index (χ1n) is 11.9. The standard InChI is InChI=1S/2C9H13.2C6H5ClO.Zr/c2*1-2-3-6-9-7-4-5-8-9;2*7-5-2-1-3-6(8)4-5;/h2*4,7H,2-3,5-6H2,1H3;2*1-4,8H;/q2*-1;;;+2. The van der Waals surface area contributed by atoms with Crippen LogP contribution in [0, 0.1) is 12.2 Å². The molecule has 0 saturated heterocycles. The van der Waals surface area contributed by atoms with Crippen molar-refractivity contribution in [1.29, 1.82) is 0 Å². The van der Waals surface area contributed by atoms with E-state index in [0.717, 1.165) is 12.8 Å². The van der Waals surface area contributed by atoms with Crippen molar-refractivity contribution >= 4 is 23.2 Å². The third-order valence-corrected chi connectivity index (χ3v) is 5.22. The van der Waals surface area contributed by atoms with Gasteiger partial charge in [-0.15, -0.1) is 12.8 Å². The zero-order valence-corrected chi connectivity index (χ0v) is 24.7. The van der Waals surface area contributed by atoms with Crippen LogP contribution in [0.3, 0.4) is 0 Å². The Morgan fingerprint density at radius 2 is 1.11 bits per heavy atom. The van der Waals surface area contributed by atoms with Crippen molar-refractivity contribution in [3.63, 3.8) is 0 Å².